The van der Waals surface area contributed by atoms with Crippen molar-refractivity contribution in [2.45, 2.75) is 27.7 Å². The van der Waals surface area contributed by atoms with Gasteiger partial charge in [0.1, 0.15) is 0 Å². The number of hydrogen-bond acceptors (Lipinski definition) is 2. The van der Waals surface area contributed by atoms with E-state index in [2.05, 4.69) is 33.0 Å². The van der Waals surface area contributed by atoms with Crippen molar-refractivity contribution in [3.63, 3.8) is 0 Å². The van der Waals surface area contributed by atoms with Crippen LogP contribution < -0.4 is 5.32 Å². The van der Waals surface area contributed by atoms with Crippen LogP contribution >= 0.6 is 0 Å². The van der Waals surface area contributed by atoms with E-state index < -0.39 is 0 Å². The van der Waals surface area contributed by atoms with Crippen molar-refractivity contribution in [1.82, 2.24) is 5.32 Å². The summed E-state index contributed by atoms with van der Waals surface area (Å²) in [5, 5.41) is 3.48. The van der Waals surface area contributed by atoms with Crippen LogP contribution in [0.25, 0.3) is 0 Å². The average Bonchev–Trinajstić information content (AvgIpc) is 2.28. The van der Waals surface area contributed by atoms with Gasteiger partial charge in [0.15, 0.2) is 0 Å². The highest BCUT2D eigenvalue weighted by atomic mass is 16.5. The lowest BCUT2D eigenvalue weighted by atomic mass is 9.69. The van der Waals surface area contributed by atoms with Gasteiger partial charge < -0.3 is 10.1 Å². The van der Waals surface area contributed by atoms with E-state index in [-0.39, 0.29) is 0 Å². The van der Waals surface area contributed by atoms with Crippen molar-refractivity contribution in [3.05, 3.63) is 0 Å². The van der Waals surface area contributed by atoms with Gasteiger partial charge in [0.25, 0.3) is 0 Å². The standard InChI is InChI=1S/C11H23NO/c1-9(2)11(10(3)4)7-12-5-6-13-8-11/h9-10,12H,5-8H2,1-4H3. The summed E-state index contributed by atoms with van der Waals surface area (Å²) in [5.41, 5.74) is 0.330. The molecule has 0 bridgehead atoms. The maximum Gasteiger partial charge on any atom is 0.0591 e. The summed E-state index contributed by atoms with van der Waals surface area (Å²) in [6.45, 7) is 13.1. The molecule has 13 heavy (non-hydrogen) atoms. The largest absolute Gasteiger partial charge is 0.379 e. The molecule has 0 amide bonds. The van der Waals surface area contributed by atoms with Crippen LogP contribution in [0.5, 0.6) is 0 Å². The van der Waals surface area contributed by atoms with Gasteiger partial charge >= 0.3 is 0 Å². The predicted octanol–water partition coefficient (Wildman–Crippen LogP) is 1.90. The number of ether oxygens (including phenoxy) is 1. The Bertz CT molecular complexity index is 136. The van der Waals surface area contributed by atoms with Crippen molar-refractivity contribution in [2.24, 2.45) is 17.3 Å². The molecule has 1 saturated heterocycles. The molecule has 1 fully saturated rings. The van der Waals surface area contributed by atoms with Gasteiger partial charge in [-0.25, -0.2) is 0 Å². The zero-order valence-electron chi connectivity index (χ0n) is 9.39. The Hall–Kier alpha value is -0.0800. The lowest BCUT2D eigenvalue weighted by Crippen LogP contribution is -2.44. The molecule has 1 aliphatic rings. The molecule has 0 aromatic heterocycles. The lowest BCUT2D eigenvalue weighted by molar-refractivity contribution is 0.00636. The number of nitrogens with one attached hydrogen (secondary N) is 1. The fourth-order valence-corrected chi connectivity index (χ4v) is 2.19. The van der Waals surface area contributed by atoms with Gasteiger partial charge in [-0.15, -0.1) is 0 Å². The minimum atomic E-state index is 0.330. The molecule has 0 atom stereocenters. The maximum atomic E-state index is 5.67. The fourth-order valence-electron chi connectivity index (χ4n) is 2.19. The molecule has 1 rings (SSSR count). The van der Waals surface area contributed by atoms with E-state index in [1.165, 1.54) is 0 Å². The minimum Gasteiger partial charge on any atom is -0.379 e. The van der Waals surface area contributed by atoms with E-state index in [0.717, 1.165) is 26.3 Å². The van der Waals surface area contributed by atoms with E-state index in [4.69, 9.17) is 4.74 Å². The molecular formula is C11H23NO. The molecule has 0 unspecified atom stereocenters. The third kappa shape index (κ3) is 2.23. The highest BCUT2D eigenvalue weighted by Crippen LogP contribution is 2.36. The molecule has 0 spiro atoms. The molecular weight excluding hydrogens is 162 g/mol. The summed E-state index contributed by atoms with van der Waals surface area (Å²) < 4.78 is 5.67. The van der Waals surface area contributed by atoms with E-state index in [1.54, 1.807) is 0 Å². The van der Waals surface area contributed by atoms with Crippen molar-refractivity contribution < 1.29 is 4.74 Å². The summed E-state index contributed by atoms with van der Waals surface area (Å²) in [7, 11) is 0. The third-order valence-corrected chi connectivity index (χ3v) is 3.55. The fraction of sp³-hybridized carbons (Fsp3) is 1.00. The smallest absolute Gasteiger partial charge is 0.0591 e. The van der Waals surface area contributed by atoms with Gasteiger partial charge in [-0.3, -0.25) is 0 Å². The Kier molecular flexibility index (Phi) is 3.74. The molecule has 0 aromatic carbocycles. The van der Waals surface area contributed by atoms with Gasteiger partial charge in [0.2, 0.25) is 0 Å². The zero-order chi connectivity index (χ0) is 9.90. The van der Waals surface area contributed by atoms with Gasteiger partial charge in [-0.2, -0.15) is 0 Å². The average molecular weight is 185 g/mol. The van der Waals surface area contributed by atoms with E-state index >= 15 is 0 Å². The van der Waals surface area contributed by atoms with Crippen molar-refractivity contribution >= 4 is 0 Å². The highest BCUT2D eigenvalue weighted by Gasteiger charge is 2.37. The van der Waals surface area contributed by atoms with Crippen LogP contribution in [0.3, 0.4) is 0 Å². The lowest BCUT2D eigenvalue weighted by Gasteiger charge is -2.40. The van der Waals surface area contributed by atoms with Crippen LogP contribution in [0, 0.1) is 17.3 Å². The van der Waals surface area contributed by atoms with Gasteiger partial charge in [0, 0.05) is 18.5 Å². The van der Waals surface area contributed by atoms with Crippen LogP contribution in [0.2, 0.25) is 0 Å². The first-order chi connectivity index (χ1) is 6.09. The molecule has 0 saturated carbocycles. The first kappa shape index (κ1) is 11.0. The van der Waals surface area contributed by atoms with Crippen LogP contribution in [-0.4, -0.2) is 26.3 Å². The third-order valence-electron chi connectivity index (χ3n) is 3.55. The normalized spacial score (nSPS) is 23.5. The Morgan fingerprint density at radius 2 is 1.77 bits per heavy atom. The predicted molar refractivity (Wildman–Crippen MR) is 55.8 cm³/mol. The molecule has 1 N–H and O–H groups in total. The van der Waals surface area contributed by atoms with Crippen LogP contribution in [0.4, 0.5) is 0 Å². The van der Waals surface area contributed by atoms with Crippen molar-refractivity contribution in [2.75, 3.05) is 26.3 Å². The van der Waals surface area contributed by atoms with Gasteiger partial charge in [-0.1, -0.05) is 27.7 Å². The van der Waals surface area contributed by atoms with Crippen LogP contribution in [0.1, 0.15) is 27.7 Å². The summed E-state index contributed by atoms with van der Waals surface area (Å²) in [5.74, 6) is 1.36. The zero-order valence-corrected chi connectivity index (χ0v) is 9.39. The van der Waals surface area contributed by atoms with Gasteiger partial charge in [0.05, 0.1) is 13.2 Å². The van der Waals surface area contributed by atoms with E-state index in [0.29, 0.717) is 17.3 Å². The Morgan fingerprint density at radius 1 is 1.15 bits per heavy atom. The topological polar surface area (TPSA) is 21.3 Å². The minimum absolute atomic E-state index is 0.330. The second kappa shape index (κ2) is 4.43. The molecule has 0 aromatic rings. The summed E-state index contributed by atoms with van der Waals surface area (Å²) >= 11 is 0. The first-order valence-electron chi connectivity index (χ1n) is 5.38. The molecule has 2 heteroatoms. The van der Waals surface area contributed by atoms with Crippen molar-refractivity contribution in [3.8, 4) is 0 Å². The summed E-state index contributed by atoms with van der Waals surface area (Å²) in [4.78, 5) is 0. The monoisotopic (exact) mass is 185 g/mol. The van der Waals surface area contributed by atoms with Gasteiger partial charge in [-0.05, 0) is 11.8 Å². The Balaban J connectivity index is 2.74. The highest BCUT2D eigenvalue weighted by molar-refractivity contribution is 4.88. The summed E-state index contributed by atoms with van der Waals surface area (Å²) in [6.07, 6.45) is 0. The quantitative estimate of drug-likeness (QED) is 0.709. The molecule has 0 radical (unpaired) electrons. The maximum absolute atomic E-state index is 5.67. The van der Waals surface area contributed by atoms with E-state index in [1.807, 2.05) is 0 Å². The van der Waals surface area contributed by atoms with Crippen LogP contribution in [-0.2, 0) is 4.74 Å². The molecule has 2 nitrogen and oxygen atoms in total. The Labute approximate surface area is 82.0 Å². The molecule has 1 heterocycles. The SMILES string of the molecule is CC(C)C1(C(C)C)CNCCOC1. The first-order valence-corrected chi connectivity index (χ1v) is 5.38. The molecule has 1 aliphatic heterocycles. The van der Waals surface area contributed by atoms with Crippen molar-refractivity contribution in [1.29, 1.82) is 0 Å². The second-order valence-corrected chi connectivity index (χ2v) is 4.77. The second-order valence-electron chi connectivity index (χ2n) is 4.77. The number of rotatable bonds is 2. The van der Waals surface area contributed by atoms with E-state index in [9.17, 15) is 0 Å². The summed E-state index contributed by atoms with van der Waals surface area (Å²) in [6, 6.07) is 0. The molecule has 0 aliphatic carbocycles. The van der Waals surface area contributed by atoms with Crippen LogP contribution in [0.15, 0.2) is 0 Å². The molecule has 78 valence electrons. The Morgan fingerprint density at radius 3 is 2.31 bits per heavy atom. The number of hydrogen-bond donors (Lipinski definition) is 1.